The highest BCUT2D eigenvalue weighted by atomic mass is 19.1. The van der Waals surface area contributed by atoms with Gasteiger partial charge in [0.15, 0.2) is 0 Å². The summed E-state index contributed by atoms with van der Waals surface area (Å²) in [4.78, 5) is 16.1. The Bertz CT molecular complexity index is 987. The zero-order chi connectivity index (χ0) is 19.0. The fourth-order valence-corrected chi connectivity index (χ4v) is 3.45. The summed E-state index contributed by atoms with van der Waals surface area (Å²) < 4.78 is 15.7. The number of carbonyl (C=O) groups excluding carboxylic acids is 1. The predicted molar refractivity (Wildman–Crippen MR) is 102 cm³/mol. The quantitative estimate of drug-likeness (QED) is 0.752. The van der Waals surface area contributed by atoms with Crippen molar-refractivity contribution in [3.63, 3.8) is 0 Å². The maximum atomic E-state index is 14.2. The van der Waals surface area contributed by atoms with Gasteiger partial charge < -0.3 is 10.0 Å². The van der Waals surface area contributed by atoms with E-state index in [1.54, 1.807) is 38.9 Å². The summed E-state index contributed by atoms with van der Waals surface area (Å²) in [7, 11) is 0. The van der Waals surface area contributed by atoms with E-state index in [1.165, 1.54) is 6.07 Å². The first kappa shape index (κ1) is 17.5. The number of amides is 2. The molecule has 0 radical (unpaired) electrons. The van der Waals surface area contributed by atoms with Crippen molar-refractivity contribution in [3.05, 3.63) is 54.5 Å². The molecule has 1 N–H and O–H groups in total. The molecule has 2 aromatic carbocycles. The molecule has 7 heteroatoms. The number of urea groups is 1. The van der Waals surface area contributed by atoms with Crippen molar-refractivity contribution in [3.8, 4) is 5.69 Å². The van der Waals surface area contributed by atoms with Crippen molar-refractivity contribution in [2.24, 2.45) is 0 Å². The Morgan fingerprint density at radius 1 is 1.15 bits per heavy atom. The van der Waals surface area contributed by atoms with Crippen LogP contribution >= 0.6 is 0 Å². The molecule has 4 rings (SSSR count). The number of rotatable bonds is 5. The van der Waals surface area contributed by atoms with E-state index >= 15 is 0 Å². The Kier molecular flexibility index (Phi) is 4.53. The molecular weight excluding hydrogens is 347 g/mol. The van der Waals surface area contributed by atoms with Crippen molar-refractivity contribution >= 4 is 22.6 Å². The molecule has 27 heavy (non-hydrogen) atoms. The van der Waals surface area contributed by atoms with Gasteiger partial charge in [-0.05, 0) is 30.7 Å². The van der Waals surface area contributed by atoms with Crippen LogP contribution in [0, 0.1) is 5.82 Å². The van der Waals surface area contributed by atoms with E-state index in [4.69, 9.17) is 0 Å². The third kappa shape index (κ3) is 3.04. The predicted octanol–water partition coefficient (Wildman–Crippen LogP) is 3.18. The van der Waals surface area contributed by atoms with Gasteiger partial charge in [0, 0.05) is 25.0 Å². The molecule has 2 amide bonds. The second kappa shape index (κ2) is 7.00. The van der Waals surface area contributed by atoms with Crippen molar-refractivity contribution < 1.29 is 14.3 Å². The molecule has 1 atom stereocenters. The summed E-state index contributed by atoms with van der Waals surface area (Å²) in [6, 6.07) is 11.9. The zero-order valence-electron chi connectivity index (χ0n) is 15.0. The number of anilines is 1. The molecule has 0 unspecified atom stereocenters. The van der Waals surface area contributed by atoms with E-state index in [9.17, 15) is 14.3 Å². The fourth-order valence-electron chi connectivity index (χ4n) is 3.45. The van der Waals surface area contributed by atoms with E-state index in [2.05, 4.69) is 5.10 Å². The van der Waals surface area contributed by atoms with E-state index in [0.717, 1.165) is 16.6 Å². The molecule has 0 bridgehead atoms. The Balaban J connectivity index is 1.70. The highest BCUT2D eigenvalue weighted by Gasteiger charge is 2.31. The SMILES string of the molecule is CC[C@H](O)CN1CCN(c2cccc3c2cnn3-c2ccccc2F)C1=O. The largest absolute Gasteiger partial charge is 0.391 e. The summed E-state index contributed by atoms with van der Waals surface area (Å²) in [5.74, 6) is -0.357. The Labute approximate surface area is 156 Å². The summed E-state index contributed by atoms with van der Waals surface area (Å²) >= 11 is 0. The van der Waals surface area contributed by atoms with Gasteiger partial charge in [0.2, 0.25) is 0 Å². The minimum Gasteiger partial charge on any atom is -0.391 e. The van der Waals surface area contributed by atoms with Gasteiger partial charge in [0.25, 0.3) is 0 Å². The molecule has 6 nitrogen and oxygen atoms in total. The average Bonchev–Trinajstić information content (AvgIpc) is 3.26. The number of β-amino-alcohol motifs (C(OH)–C–C–N with tert-alkyl or cyclic N) is 1. The van der Waals surface area contributed by atoms with Crippen LogP contribution in [0.4, 0.5) is 14.9 Å². The number of carbonyl (C=O) groups is 1. The molecule has 1 fully saturated rings. The van der Waals surface area contributed by atoms with Gasteiger partial charge in [-0.3, -0.25) is 4.90 Å². The summed E-state index contributed by atoms with van der Waals surface area (Å²) in [6.07, 6.45) is 1.75. The molecular formula is C20H21FN4O2. The molecule has 140 valence electrons. The van der Waals surface area contributed by atoms with Crippen molar-refractivity contribution in [2.45, 2.75) is 19.4 Å². The standard InChI is InChI=1S/C20H21FN4O2/c1-2-14(26)13-23-10-11-24(20(23)27)17-8-5-9-18-15(17)12-22-25(18)19-7-4-3-6-16(19)21/h3-9,12,14,26H,2,10-11,13H2,1H3/t14-/m0/s1. The Morgan fingerprint density at radius 2 is 1.93 bits per heavy atom. The van der Waals surface area contributed by atoms with Gasteiger partial charge in [-0.2, -0.15) is 5.10 Å². The summed E-state index contributed by atoms with van der Waals surface area (Å²) in [5, 5.41) is 15.0. The zero-order valence-corrected chi connectivity index (χ0v) is 15.0. The molecule has 1 aliphatic heterocycles. The molecule has 3 aromatic rings. The van der Waals surface area contributed by atoms with E-state index < -0.39 is 6.10 Å². The number of hydrogen-bond donors (Lipinski definition) is 1. The van der Waals surface area contributed by atoms with E-state index in [0.29, 0.717) is 31.7 Å². The molecule has 0 saturated carbocycles. The number of halogens is 1. The van der Waals surface area contributed by atoms with Crippen molar-refractivity contribution in [2.75, 3.05) is 24.5 Å². The van der Waals surface area contributed by atoms with Crippen molar-refractivity contribution in [1.82, 2.24) is 14.7 Å². The number of aliphatic hydroxyl groups is 1. The topological polar surface area (TPSA) is 61.6 Å². The smallest absolute Gasteiger partial charge is 0.324 e. The highest BCUT2D eigenvalue weighted by molar-refractivity contribution is 6.03. The number of nitrogens with zero attached hydrogens (tertiary/aromatic N) is 4. The summed E-state index contributed by atoms with van der Waals surface area (Å²) in [6.45, 7) is 3.32. The molecule has 1 aromatic heterocycles. The number of benzene rings is 2. The minimum absolute atomic E-state index is 0.131. The third-order valence-electron chi connectivity index (χ3n) is 4.96. The van der Waals surface area contributed by atoms with Crippen LogP contribution in [0.3, 0.4) is 0 Å². The number of hydrogen-bond acceptors (Lipinski definition) is 3. The van der Waals surface area contributed by atoms with Gasteiger partial charge in [-0.15, -0.1) is 0 Å². The van der Waals surface area contributed by atoms with Crippen LogP contribution in [0.5, 0.6) is 0 Å². The van der Waals surface area contributed by atoms with E-state index in [-0.39, 0.29) is 11.8 Å². The Morgan fingerprint density at radius 3 is 2.70 bits per heavy atom. The molecule has 1 aliphatic rings. The highest BCUT2D eigenvalue weighted by Crippen LogP contribution is 2.31. The lowest BCUT2D eigenvalue weighted by Gasteiger charge is -2.21. The van der Waals surface area contributed by atoms with Gasteiger partial charge in [-0.1, -0.05) is 25.1 Å². The molecule has 1 saturated heterocycles. The minimum atomic E-state index is -0.520. The van der Waals surface area contributed by atoms with Gasteiger partial charge in [0.05, 0.1) is 23.5 Å². The number of aromatic nitrogens is 2. The fraction of sp³-hybridized carbons (Fsp3) is 0.300. The second-order valence-corrected chi connectivity index (χ2v) is 6.66. The third-order valence-corrected chi connectivity index (χ3v) is 4.96. The molecule has 0 aliphatic carbocycles. The monoisotopic (exact) mass is 368 g/mol. The molecule has 0 spiro atoms. The van der Waals surface area contributed by atoms with Crippen LogP contribution in [0.15, 0.2) is 48.7 Å². The van der Waals surface area contributed by atoms with E-state index in [1.807, 2.05) is 25.1 Å². The first-order chi connectivity index (χ1) is 13.1. The van der Waals surface area contributed by atoms with Crippen LogP contribution in [0.25, 0.3) is 16.6 Å². The van der Waals surface area contributed by atoms with Crippen molar-refractivity contribution in [1.29, 1.82) is 0 Å². The van der Waals surface area contributed by atoms with Crippen LogP contribution < -0.4 is 4.90 Å². The Hall–Kier alpha value is -2.93. The van der Waals surface area contributed by atoms with Crippen LogP contribution in [-0.4, -0.2) is 51.6 Å². The molecule has 2 heterocycles. The number of aliphatic hydroxyl groups excluding tert-OH is 1. The normalized spacial score (nSPS) is 15.7. The van der Waals surface area contributed by atoms with Gasteiger partial charge in [-0.25, -0.2) is 13.9 Å². The maximum Gasteiger partial charge on any atom is 0.324 e. The van der Waals surface area contributed by atoms with Crippen LogP contribution in [0.1, 0.15) is 13.3 Å². The lowest BCUT2D eigenvalue weighted by Crippen LogP contribution is -2.36. The van der Waals surface area contributed by atoms with Crippen LogP contribution in [-0.2, 0) is 0 Å². The number of para-hydroxylation sites is 1. The maximum absolute atomic E-state index is 14.2. The summed E-state index contributed by atoms with van der Waals surface area (Å²) in [5.41, 5.74) is 1.84. The lowest BCUT2D eigenvalue weighted by atomic mass is 10.2. The number of fused-ring (bicyclic) bond motifs is 1. The first-order valence-corrected chi connectivity index (χ1v) is 9.06. The first-order valence-electron chi connectivity index (χ1n) is 9.06. The average molecular weight is 368 g/mol. The lowest BCUT2D eigenvalue weighted by molar-refractivity contribution is 0.128. The van der Waals surface area contributed by atoms with Gasteiger partial charge >= 0.3 is 6.03 Å². The van der Waals surface area contributed by atoms with Crippen LogP contribution in [0.2, 0.25) is 0 Å². The van der Waals surface area contributed by atoms with Gasteiger partial charge in [0.1, 0.15) is 11.5 Å². The second-order valence-electron chi connectivity index (χ2n) is 6.66.